The van der Waals surface area contributed by atoms with Gasteiger partial charge in [-0.25, -0.2) is 0 Å². The molecule has 0 bridgehead atoms. The molecule has 5 nitrogen and oxygen atoms in total. The van der Waals surface area contributed by atoms with E-state index in [1.54, 1.807) is 12.1 Å². The second-order valence-electron chi connectivity index (χ2n) is 4.69. The van der Waals surface area contributed by atoms with E-state index in [4.69, 9.17) is 0 Å². The summed E-state index contributed by atoms with van der Waals surface area (Å²) in [7, 11) is 0. The third kappa shape index (κ3) is 3.36. The molecule has 3 rings (SSSR count). The van der Waals surface area contributed by atoms with Crippen LogP contribution in [0.3, 0.4) is 0 Å². The Kier molecular flexibility index (Phi) is 4.23. The molecule has 2 aromatic carbocycles. The highest BCUT2D eigenvalue weighted by Crippen LogP contribution is 2.31. The van der Waals surface area contributed by atoms with Gasteiger partial charge in [0.2, 0.25) is 0 Å². The number of azo groups is 1. The molecule has 1 aliphatic carbocycles. The average molecular weight is 290 g/mol. The van der Waals surface area contributed by atoms with Gasteiger partial charge in [0.25, 0.3) is 5.69 Å². The SMILES string of the molecule is O=[N+]([O-])c1ccc(N=Nc2ccc([C]3[CH][CH][CH][CH]3)cc2)cc1. The summed E-state index contributed by atoms with van der Waals surface area (Å²) in [6.07, 6.45) is 8.09. The molecule has 1 aliphatic rings. The Labute approximate surface area is 128 Å². The second-order valence-corrected chi connectivity index (χ2v) is 4.69. The van der Waals surface area contributed by atoms with Gasteiger partial charge in [-0.3, -0.25) is 10.1 Å². The minimum Gasteiger partial charge on any atom is -0.258 e. The molecule has 0 heterocycles. The molecule has 0 N–H and O–H groups in total. The van der Waals surface area contributed by atoms with Gasteiger partial charge in [0.1, 0.15) is 0 Å². The van der Waals surface area contributed by atoms with E-state index in [0.717, 1.165) is 11.3 Å². The Morgan fingerprint density at radius 1 is 0.773 bits per heavy atom. The molecule has 0 saturated heterocycles. The molecule has 1 saturated carbocycles. The second kappa shape index (κ2) is 6.47. The quantitative estimate of drug-likeness (QED) is 0.462. The largest absolute Gasteiger partial charge is 0.269 e. The van der Waals surface area contributed by atoms with Crippen LogP contribution >= 0.6 is 0 Å². The lowest BCUT2D eigenvalue weighted by Crippen LogP contribution is -1.93. The van der Waals surface area contributed by atoms with Crippen LogP contribution in [-0.4, -0.2) is 4.92 Å². The van der Waals surface area contributed by atoms with Crippen molar-refractivity contribution in [3.63, 3.8) is 0 Å². The maximum absolute atomic E-state index is 10.6. The highest BCUT2D eigenvalue weighted by Gasteiger charge is 2.18. The number of non-ortho nitro benzene ring substituents is 1. The number of nitro groups is 1. The van der Waals surface area contributed by atoms with Crippen molar-refractivity contribution in [2.45, 2.75) is 0 Å². The van der Waals surface area contributed by atoms with E-state index in [9.17, 15) is 10.1 Å². The number of hydrogen-bond donors (Lipinski definition) is 0. The van der Waals surface area contributed by atoms with Crippen LogP contribution in [0.5, 0.6) is 0 Å². The van der Waals surface area contributed by atoms with Crippen molar-refractivity contribution in [1.29, 1.82) is 0 Å². The van der Waals surface area contributed by atoms with Crippen molar-refractivity contribution < 1.29 is 4.92 Å². The fraction of sp³-hybridized carbons (Fsp3) is 0. The van der Waals surface area contributed by atoms with Crippen molar-refractivity contribution >= 4 is 17.1 Å². The van der Waals surface area contributed by atoms with Gasteiger partial charge < -0.3 is 0 Å². The highest BCUT2D eigenvalue weighted by molar-refractivity contribution is 5.52. The van der Waals surface area contributed by atoms with Crippen LogP contribution in [0.2, 0.25) is 0 Å². The molecule has 0 unspecified atom stereocenters. The summed E-state index contributed by atoms with van der Waals surface area (Å²) in [5, 5.41) is 18.8. The van der Waals surface area contributed by atoms with E-state index < -0.39 is 4.92 Å². The molecular weight excluding hydrogens is 278 g/mol. The maximum Gasteiger partial charge on any atom is 0.269 e. The zero-order chi connectivity index (χ0) is 15.4. The van der Waals surface area contributed by atoms with E-state index in [1.165, 1.54) is 18.1 Å². The van der Waals surface area contributed by atoms with Crippen LogP contribution in [0, 0.1) is 41.7 Å². The third-order valence-corrected chi connectivity index (χ3v) is 3.20. The Morgan fingerprint density at radius 3 is 1.77 bits per heavy atom. The van der Waals surface area contributed by atoms with E-state index in [-0.39, 0.29) is 5.69 Å². The minimum absolute atomic E-state index is 0.0398. The van der Waals surface area contributed by atoms with Gasteiger partial charge in [-0.15, -0.1) is 0 Å². The van der Waals surface area contributed by atoms with Crippen LogP contribution in [0.25, 0.3) is 0 Å². The Balaban J connectivity index is 1.68. The molecule has 5 heteroatoms. The molecule has 0 atom stereocenters. The number of nitrogens with zero attached hydrogens (tertiary/aromatic N) is 3. The van der Waals surface area contributed by atoms with Gasteiger partial charge in [0.05, 0.1) is 16.3 Å². The molecule has 0 amide bonds. The standard InChI is InChI=1S/C17H12N3O2/c21-20(22)17-11-9-16(10-12-17)19-18-15-7-5-14(6-8-15)13-3-1-2-4-13/h1-12H. The lowest BCUT2D eigenvalue weighted by Gasteiger charge is -2.07. The average Bonchev–Trinajstić information content (AvgIpc) is 3.08. The predicted molar refractivity (Wildman–Crippen MR) is 83.3 cm³/mol. The zero-order valence-corrected chi connectivity index (χ0v) is 11.6. The summed E-state index contributed by atoms with van der Waals surface area (Å²) in [5.41, 5.74) is 2.47. The molecule has 1 fully saturated rings. The summed E-state index contributed by atoms with van der Waals surface area (Å²) in [5.74, 6) is 1.17. The molecule has 0 aliphatic heterocycles. The summed E-state index contributed by atoms with van der Waals surface area (Å²) < 4.78 is 0. The van der Waals surface area contributed by atoms with Crippen molar-refractivity contribution in [1.82, 2.24) is 0 Å². The fourth-order valence-corrected chi connectivity index (χ4v) is 2.04. The van der Waals surface area contributed by atoms with Crippen LogP contribution in [-0.2, 0) is 0 Å². The van der Waals surface area contributed by atoms with Gasteiger partial charge in [0, 0.05) is 18.1 Å². The minimum atomic E-state index is -0.441. The summed E-state index contributed by atoms with van der Waals surface area (Å²) >= 11 is 0. The summed E-state index contributed by atoms with van der Waals surface area (Å²) in [6, 6.07) is 13.7. The molecule has 0 spiro atoms. The van der Waals surface area contributed by atoms with E-state index in [0.29, 0.717) is 5.69 Å². The van der Waals surface area contributed by atoms with Crippen molar-refractivity contribution in [2.75, 3.05) is 0 Å². The molecule has 5 radical (unpaired) electrons. The van der Waals surface area contributed by atoms with Crippen LogP contribution in [0.4, 0.5) is 17.1 Å². The van der Waals surface area contributed by atoms with E-state index in [2.05, 4.69) is 10.2 Å². The zero-order valence-electron chi connectivity index (χ0n) is 11.6. The van der Waals surface area contributed by atoms with Crippen LogP contribution in [0.15, 0.2) is 58.8 Å². The number of rotatable bonds is 4. The monoisotopic (exact) mass is 290 g/mol. The Morgan fingerprint density at radius 2 is 1.27 bits per heavy atom. The normalized spacial score (nSPS) is 15.5. The Hall–Kier alpha value is -2.56. The number of nitro benzene ring substituents is 1. The van der Waals surface area contributed by atoms with Crippen LogP contribution in [0.1, 0.15) is 5.56 Å². The lowest BCUT2D eigenvalue weighted by molar-refractivity contribution is -0.384. The van der Waals surface area contributed by atoms with Gasteiger partial charge >= 0.3 is 0 Å². The lowest BCUT2D eigenvalue weighted by atomic mass is 9.98. The van der Waals surface area contributed by atoms with E-state index in [1.807, 2.05) is 49.9 Å². The molecule has 2 aromatic rings. The smallest absolute Gasteiger partial charge is 0.258 e. The number of benzene rings is 2. The van der Waals surface area contributed by atoms with Crippen molar-refractivity contribution in [3.8, 4) is 0 Å². The summed E-state index contributed by atoms with van der Waals surface area (Å²) in [4.78, 5) is 10.1. The van der Waals surface area contributed by atoms with Gasteiger partial charge in [0.15, 0.2) is 0 Å². The summed E-state index contributed by atoms with van der Waals surface area (Å²) in [6.45, 7) is 0. The van der Waals surface area contributed by atoms with Gasteiger partial charge in [-0.05, 0) is 55.5 Å². The van der Waals surface area contributed by atoms with Crippen molar-refractivity contribution in [2.24, 2.45) is 10.2 Å². The molecule has 107 valence electrons. The fourth-order valence-electron chi connectivity index (χ4n) is 2.04. The Bertz CT molecular complexity index is 672. The maximum atomic E-state index is 10.6. The van der Waals surface area contributed by atoms with Crippen molar-refractivity contribution in [3.05, 3.63) is 95.8 Å². The third-order valence-electron chi connectivity index (χ3n) is 3.20. The first-order valence-corrected chi connectivity index (χ1v) is 6.71. The first kappa shape index (κ1) is 14.4. The van der Waals surface area contributed by atoms with E-state index >= 15 is 0 Å². The first-order chi connectivity index (χ1) is 10.7. The molecular formula is C17H12N3O2. The first-order valence-electron chi connectivity index (χ1n) is 6.71. The highest BCUT2D eigenvalue weighted by atomic mass is 16.6. The van der Waals surface area contributed by atoms with Gasteiger partial charge in [-0.2, -0.15) is 10.2 Å². The molecule has 0 aromatic heterocycles. The van der Waals surface area contributed by atoms with Gasteiger partial charge in [-0.1, -0.05) is 12.1 Å². The predicted octanol–water partition coefficient (Wildman–Crippen LogP) is 4.76. The number of hydrogen-bond acceptors (Lipinski definition) is 4. The molecule has 22 heavy (non-hydrogen) atoms. The topological polar surface area (TPSA) is 67.9 Å². The van der Waals surface area contributed by atoms with Crippen LogP contribution < -0.4 is 0 Å².